The van der Waals surface area contributed by atoms with Gasteiger partial charge < -0.3 is 20.1 Å². The Balaban J connectivity index is 1.97. The fourth-order valence-electron chi connectivity index (χ4n) is 3.68. The maximum absolute atomic E-state index is 12.9. The van der Waals surface area contributed by atoms with Crippen LogP contribution in [0.3, 0.4) is 0 Å². The van der Waals surface area contributed by atoms with Crippen molar-refractivity contribution >= 4 is 27.2 Å². The van der Waals surface area contributed by atoms with Gasteiger partial charge in [-0.2, -0.15) is 4.72 Å². The van der Waals surface area contributed by atoms with Gasteiger partial charge in [0.25, 0.3) is 0 Å². The number of nitrogen functional groups attached to an aromatic ring is 1. The number of benzene rings is 3. The van der Waals surface area contributed by atoms with Crippen LogP contribution in [0.1, 0.15) is 38.3 Å². The standard InChI is InChI=1S/C27H34N4O4S/c1-5-19(2)36(32,33)30-20(3)31(23-13-11-22(12-14-23)27(28)29)24-15-16-25(26(17-24)34-4)35-18-21-9-7-6-8-10-21/h6-17,19-20,30H,5,18H2,1-4H3,(H3,28,29). The second-order valence-electron chi connectivity index (χ2n) is 8.50. The molecular formula is C27H34N4O4S. The zero-order chi connectivity index (χ0) is 26.3. The van der Waals surface area contributed by atoms with E-state index in [1.165, 1.54) is 0 Å². The van der Waals surface area contributed by atoms with Crippen LogP contribution in [0.15, 0.2) is 72.8 Å². The van der Waals surface area contributed by atoms with Crippen LogP contribution in [0, 0.1) is 5.41 Å². The van der Waals surface area contributed by atoms with Crippen molar-refractivity contribution in [2.45, 2.75) is 45.2 Å². The van der Waals surface area contributed by atoms with Crippen LogP contribution in [-0.4, -0.2) is 32.8 Å². The van der Waals surface area contributed by atoms with Crippen LogP contribution in [0.5, 0.6) is 11.5 Å². The van der Waals surface area contributed by atoms with Crippen molar-refractivity contribution in [3.05, 3.63) is 83.9 Å². The molecule has 0 radical (unpaired) electrons. The Hall–Kier alpha value is -3.56. The maximum Gasteiger partial charge on any atom is 0.215 e. The SMILES string of the molecule is CCC(C)S(=O)(=O)NC(C)N(c1ccc(C(=N)N)cc1)c1ccc(OCc2ccccc2)c(OC)c1. The van der Waals surface area contributed by atoms with Gasteiger partial charge in [0.2, 0.25) is 10.0 Å². The van der Waals surface area contributed by atoms with Crippen molar-refractivity contribution in [1.29, 1.82) is 5.41 Å². The van der Waals surface area contributed by atoms with Gasteiger partial charge in [-0.15, -0.1) is 0 Å². The van der Waals surface area contributed by atoms with Gasteiger partial charge in [-0.05, 0) is 62.2 Å². The summed E-state index contributed by atoms with van der Waals surface area (Å²) in [6.07, 6.45) is -0.121. The fourth-order valence-corrected chi connectivity index (χ4v) is 4.94. The van der Waals surface area contributed by atoms with Gasteiger partial charge in [0.1, 0.15) is 12.4 Å². The van der Waals surface area contributed by atoms with Gasteiger partial charge in [0.05, 0.1) is 18.5 Å². The van der Waals surface area contributed by atoms with Gasteiger partial charge >= 0.3 is 0 Å². The molecule has 0 saturated carbocycles. The average Bonchev–Trinajstić information content (AvgIpc) is 2.88. The van der Waals surface area contributed by atoms with Crippen LogP contribution in [0.4, 0.5) is 11.4 Å². The minimum atomic E-state index is -3.56. The molecule has 9 heteroatoms. The summed E-state index contributed by atoms with van der Waals surface area (Å²) in [5.74, 6) is 1.05. The summed E-state index contributed by atoms with van der Waals surface area (Å²) in [4.78, 5) is 1.85. The first kappa shape index (κ1) is 27.0. The van der Waals surface area contributed by atoms with E-state index >= 15 is 0 Å². The molecule has 2 unspecified atom stereocenters. The molecular weight excluding hydrogens is 476 g/mol. The van der Waals surface area contributed by atoms with E-state index in [4.69, 9.17) is 20.6 Å². The molecule has 0 heterocycles. The number of hydrogen-bond acceptors (Lipinski definition) is 6. The number of sulfonamides is 1. The third-order valence-electron chi connectivity index (χ3n) is 5.95. The summed E-state index contributed by atoms with van der Waals surface area (Å²) in [6.45, 7) is 5.69. The highest BCUT2D eigenvalue weighted by Gasteiger charge is 2.26. The van der Waals surface area contributed by atoms with Gasteiger partial charge in [-0.25, -0.2) is 8.42 Å². The number of nitrogens with two attached hydrogens (primary N) is 1. The molecule has 3 aromatic rings. The van der Waals surface area contributed by atoms with E-state index < -0.39 is 21.4 Å². The second-order valence-corrected chi connectivity index (χ2v) is 10.6. The Labute approximate surface area is 213 Å². The summed E-state index contributed by atoms with van der Waals surface area (Å²) >= 11 is 0. The van der Waals surface area contributed by atoms with Crippen molar-refractivity contribution in [2.24, 2.45) is 5.73 Å². The summed E-state index contributed by atoms with van der Waals surface area (Å²) in [5, 5.41) is 7.13. The van der Waals surface area contributed by atoms with Gasteiger partial charge in [-0.3, -0.25) is 5.41 Å². The van der Waals surface area contributed by atoms with Gasteiger partial charge in [0, 0.05) is 23.0 Å². The topological polar surface area (TPSA) is 118 Å². The number of anilines is 2. The normalized spacial score (nSPS) is 13.0. The molecule has 3 rings (SSSR count). The zero-order valence-corrected chi connectivity index (χ0v) is 21.9. The van der Waals surface area contributed by atoms with Crippen molar-refractivity contribution in [3.63, 3.8) is 0 Å². The van der Waals surface area contributed by atoms with Crippen LogP contribution in [0.2, 0.25) is 0 Å². The molecule has 0 spiro atoms. The highest BCUT2D eigenvalue weighted by molar-refractivity contribution is 7.90. The number of rotatable bonds is 12. The first-order valence-corrected chi connectivity index (χ1v) is 13.3. The number of ether oxygens (including phenoxy) is 2. The second kappa shape index (κ2) is 11.9. The number of nitrogens with zero attached hydrogens (tertiary/aromatic N) is 1. The molecule has 0 aromatic heterocycles. The van der Waals surface area contributed by atoms with E-state index in [-0.39, 0.29) is 5.84 Å². The van der Waals surface area contributed by atoms with Gasteiger partial charge in [-0.1, -0.05) is 37.3 Å². The largest absolute Gasteiger partial charge is 0.493 e. The average molecular weight is 511 g/mol. The zero-order valence-electron chi connectivity index (χ0n) is 21.1. The molecule has 0 bridgehead atoms. The van der Waals surface area contributed by atoms with E-state index in [1.807, 2.05) is 60.4 Å². The van der Waals surface area contributed by atoms with Crippen molar-refractivity contribution in [1.82, 2.24) is 4.72 Å². The first-order valence-electron chi connectivity index (χ1n) is 11.8. The molecule has 36 heavy (non-hydrogen) atoms. The monoisotopic (exact) mass is 510 g/mol. The smallest absolute Gasteiger partial charge is 0.215 e. The Morgan fingerprint density at radius 1 is 1.00 bits per heavy atom. The molecule has 0 aliphatic heterocycles. The molecule has 2 atom stereocenters. The predicted molar refractivity (Wildman–Crippen MR) is 145 cm³/mol. The van der Waals surface area contributed by atoms with Crippen LogP contribution < -0.4 is 24.8 Å². The molecule has 3 aromatic carbocycles. The quantitative estimate of drug-likeness (QED) is 0.184. The Bertz CT molecular complexity index is 1260. The highest BCUT2D eigenvalue weighted by Crippen LogP contribution is 2.36. The van der Waals surface area contributed by atoms with E-state index in [0.717, 1.165) is 11.3 Å². The van der Waals surface area contributed by atoms with E-state index in [1.54, 1.807) is 45.2 Å². The Morgan fingerprint density at radius 3 is 2.22 bits per heavy atom. The number of nitrogens with one attached hydrogen (secondary N) is 2. The molecule has 0 saturated heterocycles. The third-order valence-corrected chi connectivity index (χ3v) is 8.01. The van der Waals surface area contributed by atoms with Crippen LogP contribution >= 0.6 is 0 Å². The fraction of sp³-hybridized carbons (Fsp3) is 0.296. The summed E-state index contributed by atoms with van der Waals surface area (Å²) in [5.41, 5.74) is 8.65. The lowest BCUT2D eigenvalue weighted by molar-refractivity contribution is 0.284. The molecule has 0 fully saturated rings. The minimum absolute atomic E-state index is 0.0415. The lowest BCUT2D eigenvalue weighted by Gasteiger charge is -2.33. The molecule has 0 aliphatic rings. The minimum Gasteiger partial charge on any atom is -0.493 e. The molecule has 0 amide bonds. The third kappa shape index (κ3) is 6.56. The van der Waals surface area contributed by atoms with Gasteiger partial charge in [0.15, 0.2) is 11.5 Å². The van der Waals surface area contributed by atoms with E-state index in [0.29, 0.717) is 35.8 Å². The highest BCUT2D eigenvalue weighted by atomic mass is 32.2. The van der Waals surface area contributed by atoms with Crippen molar-refractivity contribution < 1.29 is 17.9 Å². The lowest BCUT2D eigenvalue weighted by Crippen LogP contribution is -2.46. The van der Waals surface area contributed by atoms with E-state index in [9.17, 15) is 8.42 Å². The molecule has 8 nitrogen and oxygen atoms in total. The van der Waals surface area contributed by atoms with Crippen molar-refractivity contribution in [3.8, 4) is 11.5 Å². The molecule has 0 aliphatic carbocycles. The molecule has 4 N–H and O–H groups in total. The van der Waals surface area contributed by atoms with Crippen molar-refractivity contribution in [2.75, 3.05) is 12.0 Å². The lowest BCUT2D eigenvalue weighted by atomic mass is 10.1. The predicted octanol–water partition coefficient (Wildman–Crippen LogP) is 4.76. The Kier molecular flexibility index (Phi) is 8.95. The number of methoxy groups -OCH3 is 1. The van der Waals surface area contributed by atoms with Crippen LogP contribution in [-0.2, 0) is 16.6 Å². The maximum atomic E-state index is 12.9. The summed E-state index contributed by atoms with van der Waals surface area (Å²) < 4.78 is 40.1. The number of amidine groups is 1. The van der Waals surface area contributed by atoms with Crippen LogP contribution in [0.25, 0.3) is 0 Å². The number of hydrogen-bond donors (Lipinski definition) is 3. The molecule has 192 valence electrons. The summed E-state index contributed by atoms with van der Waals surface area (Å²) in [6, 6.07) is 22.4. The Morgan fingerprint density at radius 2 is 1.64 bits per heavy atom. The van der Waals surface area contributed by atoms with E-state index in [2.05, 4.69) is 4.72 Å². The first-order chi connectivity index (χ1) is 17.2. The summed E-state index contributed by atoms with van der Waals surface area (Å²) in [7, 11) is -1.99.